The topological polar surface area (TPSA) is 117 Å². The molecule has 13 heteroatoms. The number of carbonyl (C=O) groups excluding carboxylic acids is 2. The van der Waals surface area contributed by atoms with Crippen LogP contribution in [0, 0.1) is 0 Å². The summed E-state index contributed by atoms with van der Waals surface area (Å²) in [5.41, 5.74) is 1.36. The average Bonchev–Trinajstić information content (AvgIpc) is 2.77. The van der Waals surface area contributed by atoms with E-state index in [0.717, 1.165) is 17.4 Å². The number of hydrogen-bond donors (Lipinski definition) is 1. The molecule has 36 heavy (non-hydrogen) atoms. The largest absolute Gasteiger partial charge is 0.490 e. The Morgan fingerprint density at radius 1 is 1.03 bits per heavy atom. The van der Waals surface area contributed by atoms with Gasteiger partial charge in [0.05, 0.1) is 41.5 Å². The molecule has 0 aliphatic carbocycles. The van der Waals surface area contributed by atoms with Gasteiger partial charge in [-0.25, -0.2) is 17.9 Å². The van der Waals surface area contributed by atoms with Gasteiger partial charge in [-0.15, -0.1) is 11.6 Å². The quantitative estimate of drug-likeness (QED) is 0.296. The summed E-state index contributed by atoms with van der Waals surface area (Å²) in [6.07, 6.45) is 0.220. The Morgan fingerprint density at radius 3 is 2.19 bits per heavy atom. The Bertz CT molecular complexity index is 1180. The molecule has 9 nitrogen and oxygen atoms in total. The number of hydrogen-bond acceptors (Lipinski definition) is 8. The Labute approximate surface area is 223 Å². The minimum absolute atomic E-state index is 0.365. The van der Waals surface area contributed by atoms with E-state index in [-0.39, 0.29) is 6.61 Å². The fourth-order valence-corrected chi connectivity index (χ4v) is 4.48. The molecule has 1 aliphatic heterocycles. The van der Waals surface area contributed by atoms with Crippen molar-refractivity contribution < 1.29 is 37.0 Å². The Kier molecular flexibility index (Phi) is 9.71. The molecule has 196 valence electrons. The van der Waals surface area contributed by atoms with Crippen LogP contribution in [0.2, 0.25) is 10.0 Å². The maximum Gasteiger partial charge on any atom is 0.421 e. The summed E-state index contributed by atoms with van der Waals surface area (Å²) >= 11 is 18.6. The molecule has 0 bridgehead atoms. The zero-order valence-electron chi connectivity index (χ0n) is 19.2. The molecule has 0 spiro atoms. The van der Waals surface area contributed by atoms with E-state index in [0.29, 0.717) is 53.7 Å². The molecule has 1 heterocycles. The fourth-order valence-electron chi connectivity index (χ4n) is 3.41. The second kappa shape index (κ2) is 12.3. The lowest BCUT2D eigenvalue weighted by Crippen LogP contribution is -2.47. The van der Waals surface area contributed by atoms with Crippen LogP contribution >= 0.6 is 34.8 Å². The van der Waals surface area contributed by atoms with Crippen molar-refractivity contribution in [2.45, 2.75) is 11.8 Å². The van der Waals surface area contributed by atoms with Gasteiger partial charge in [-0.05, 0) is 41.8 Å². The molecule has 1 N–H and O–H groups in total. The molecule has 2 aromatic carbocycles. The lowest BCUT2D eigenvalue weighted by atomic mass is 9.73. The molecule has 0 unspecified atom stereocenters. The lowest BCUT2D eigenvalue weighted by molar-refractivity contribution is -0.123. The minimum atomic E-state index is -3.77. The molecule has 1 fully saturated rings. The molecule has 0 atom stereocenters. The van der Waals surface area contributed by atoms with Crippen LogP contribution in [-0.4, -0.2) is 65.5 Å². The first-order valence-corrected chi connectivity index (χ1v) is 13.9. The first-order chi connectivity index (χ1) is 17.0. The van der Waals surface area contributed by atoms with Crippen LogP contribution in [0.1, 0.15) is 17.5 Å². The van der Waals surface area contributed by atoms with E-state index in [1.54, 1.807) is 16.9 Å². The molecular weight excluding hydrogens is 557 g/mol. The molecule has 1 saturated heterocycles. The number of alkyl halides is 1. The van der Waals surface area contributed by atoms with Crippen LogP contribution in [0.4, 0.5) is 4.79 Å². The monoisotopic (exact) mass is 579 g/mol. The SMILES string of the molecule is CS(=O)(=O)NC(=O)OCC(=O)COc1ccc(C2(c3cc(Cl)c(OCCCCl)c(Cl)c3)COC2)cc1. The number of rotatable bonds is 12. The fraction of sp³-hybridized carbons (Fsp3) is 0.391. The predicted octanol–water partition coefficient (Wildman–Crippen LogP) is 3.95. The third kappa shape index (κ3) is 7.39. The van der Waals surface area contributed by atoms with Crippen molar-refractivity contribution in [1.29, 1.82) is 0 Å². The van der Waals surface area contributed by atoms with E-state index in [1.807, 2.05) is 24.3 Å². The summed E-state index contributed by atoms with van der Waals surface area (Å²) in [5, 5.41) is 0.786. The highest BCUT2D eigenvalue weighted by atomic mass is 35.5. The van der Waals surface area contributed by atoms with Gasteiger partial charge in [0.15, 0.2) is 12.4 Å². The number of amides is 1. The number of sulfonamides is 1. The molecular formula is C23H24Cl3NO8S. The molecule has 2 aromatic rings. The van der Waals surface area contributed by atoms with Gasteiger partial charge in [0.2, 0.25) is 15.8 Å². The Morgan fingerprint density at radius 2 is 1.67 bits per heavy atom. The smallest absolute Gasteiger partial charge is 0.421 e. The summed E-state index contributed by atoms with van der Waals surface area (Å²) in [6, 6.07) is 10.7. The van der Waals surface area contributed by atoms with Crippen molar-refractivity contribution in [1.82, 2.24) is 4.72 Å². The van der Waals surface area contributed by atoms with E-state index in [2.05, 4.69) is 4.74 Å². The number of halogens is 3. The van der Waals surface area contributed by atoms with Crippen LogP contribution in [0.25, 0.3) is 0 Å². The number of carbonyl (C=O) groups is 2. The summed E-state index contributed by atoms with van der Waals surface area (Å²) in [5.74, 6) is 0.748. The van der Waals surface area contributed by atoms with E-state index < -0.39 is 33.9 Å². The zero-order valence-corrected chi connectivity index (χ0v) is 22.3. The second-order valence-electron chi connectivity index (χ2n) is 8.04. The normalized spacial score (nSPS) is 14.4. The van der Waals surface area contributed by atoms with Gasteiger partial charge in [-0.1, -0.05) is 35.3 Å². The number of nitrogens with one attached hydrogen (secondary N) is 1. The summed E-state index contributed by atoms with van der Waals surface area (Å²) in [7, 11) is -3.77. The Balaban J connectivity index is 1.63. The van der Waals surface area contributed by atoms with Crippen molar-refractivity contribution in [3.05, 3.63) is 57.6 Å². The van der Waals surface area contributed by atoms with Crippen molar-refractivity contribution in [3.63, 3.8) is 0 Å². The lowest BCUT2D eigenvalue weighted by Gasteiger charge is -2.42. The van der Waals surface area contributed by atoms with Crippen molar-refractivity contribution in [2.75, 3.05) is 45.2 Å². The number of benzene rings is 2. The van der Waals surface area contributed by atoms with E-state index >= 15 is 0 Å². The van der Waals surface area contributed by atoms with Crippen LogP contribution in [0.3, 0.4) is 0 Å². The van der Waals surface area contributed by atoms with Gasteiger partial charge in [0.25, 0.3) is 0 Å². The van der Waals surface area contributed by atoms with Crippen molar-refractivity contribution >= 4 is 56.7 Å². The van der Waals surface area contributed by atoms with Crippen LogP contribution in [0.15, 0.2) is 36.4 Å². The number of ether oxygens (including phenoxy) is 4. The minimum Gasteiger partial charge on any atom is -0.490 e. The van der Waals surface area contributed by atoms with Crippen LogP contribution < -0.4 is 14.2 Å². The number of Topliss-reactive ketones (excluding diaryl/α,β-unsaturated/α-hetero) is 1. The third-order valence-electron chi connectivity index (χ3n) is 5.21. The number of ketones is 1. The van der Waals surface area contributed by atoms with Gasteiger partial charge in [0.1, 0.15) is 12.4 Å². The van der Waals surface area contributed by atoms with Crippen molar-refractivity contribution in [2.24, 2.45) is 0 Å². The first kappa shape index (κ1) is 28.3. The molecule has 0 saturated carbocycles. The van der Waals surface area contributed by atoms with Gasteiger partial charge in [-0.2, -0.15) is 0 Å². The van der Waals surface area contributed by atoms with E-state index in [4.69, 9.17) is 49.0 Å². The molecule has 1 amide bonds. The molecule has 3 rings (SSSR count). The average molecular weight is 581 g/mol. The van der Waals surface area contributed by atoms with Gasteiger partial charge in [0, 0.05) is 5.88 Å². The van der Waals surface area contributed by atoms with E-state index in [1.165, 1.54) is 0 Å². The van der Waals surface area contributed by atoms with Gasteiger partial charge < -0.3 is 18.9 Å². The van der Waals surface area contributed by atoms with Gasteiger partial charge in [-0.3, -0.25) is 4.79 Å². The second-order valence-corrected chi connectivity index (χ2v) is 11.0. The standard InChI is InChI=1S/C23H24Cl3NO8S/c1-36(30,31)27-22(29)35-12-17(28)11-34-18-5-3-15(4-6-18)23(13-32-14-23)16-9-19(25)21(20(26)10-16)33-8-2-7-24/h3-6,9-10H,2,7-8,11-14H2,1H3,(H,27,29). The maximum absolute atomic E-state index is 11.9. The maximum atomic E-state index is 11.9. The highest BCUT2D eigenvalue weighted by Gasteiger charge is 2.42. The summed E-state index contributed by atoms with van der Waals surface area (Å²) in [4.78, 5) is 23.2. The molecule has 0 radical (unpaired) electrons. The summed E-state index contributed by atoms with van der Waals surface area (Å²) < 4.78 is 44.7. The van der Waals surface area contributed by atoms with Crippen molar-refractivity contribution in [3.8, 4) is 11.5 Å². The molecule has 1 aliphatic rings. The molecule has 0 aromatic heterocycles. The van der Waals surface area contributed by atoms with Gasteiger partial charge >= 0.3 is 6.09 Å². The summed E-state index contributed by atoms with van der Waals surface area (Å²) in [6.45, 7) is 0.263. The third-order valence-corrected chi connectivity index (χ3v) is 6.58. The van der Waals surface area contributed by atoms with Crippen LogP contribution in [-0.2, 0) is 29.7 Å². The highest BCUT2D eigenvalue weighted by Crippen LogP contribution is 2.44. The zero-order chi connectivity index (χ0) is 26.3. The van der Waals surface area contributed by atoms with Crippen LogP contribution in [0.5, 0.6) is 11.5 Å². The van der Waals surface area contributed by atoms with E-state index in [9.17, 15) is 18.0 Å². The Hall–Kier alpha value is -2.24. The predicted molar refractivity (Wildman–Crippen MR) is 135 cm³/mol. The first-order valence-electron chi connectivity index (χ1n) is 10.7. The highest BCUT2D eigenvalue weighted by molar-refractivity contribution is 7.89.